The fraction of sp³-hybridized carbons (Fsp3) is 0.350. The molecule has 2 aromatic rings. The summed E-state index contributed by atoms with van der Waals surface area (Å²) in [5.41, 5.74) is 2.67. The Kier molecular flexibility index (Phi) is 5.04. The molecule has 0 aromatic heterocycles. The fourth-order valence-corrected chi connectivity index (χ4v) is 3.67. The van der Waals surface area contributed by atoms with Crippen LogP contribution in [0.2, 0.25) is 0 Å². The van der Waals surface area contributed by atoms with E-state index < -0.39 is 12.0 Å². The Labute approximate surface area is 146 Å². The van der Waals surface area contributed by atoms with Gasteiger partial charge in [0, 0.05) is 12.1 Å². The summed E-state index contributed by atoms with van der Waals surface area (Å²) in [7, 11) is 1.54. The van der Waals surface area contributed by atoms with Crippen molar-refractivity contribution in [3.63, 3.8) is 0 Å². The van der Waals surface area contributed by atoms with Crippen molar-refractivity contribution < 1.29 is 19.0 Å². The zero-order chi connectivity index (χ0) is 18.0. The molecule has 2 atom stereocenters. The third kappa shape index (κ3) is 3.51. The van der Waals surface area contributed by atoms with Crippen molar-refractivity contribution in [2.45, 2.75) is 31.8 Å². The third-order valence-corrected chi connectivity index (χ3v) is 4.76. The van der Waals surface area contributed by atoms with Crippen LogP contribution in [-0.2, 0) is 4.79 Å². The Morgan fingerprint density at radius 1 is 1.32 bits per heavy atom. The minimum absolute atomic E-state index is 0.362. The van der Waals surface area contributed by atoms with E-state index in [1.54, 1.807) is 13.2 Å². The zero-order valence-electron chi connectivity index (χ0n) is 14.4. The van der Waals surface area contributed by atoms with Crippen LogP contribution in [-0.4, -0.2) is 35.7 Å². The molecule has 4 nitrogen and oxygen atoms in total. The number of hydrogen-bond acceptors (Lipinski definition) is 3. The van der Waals surface area contributed by atoms with E-state index in [0.29, 0.717) is 24.3 Å². The number of likely N-dealkylation sites (tertiary alicyclic amines) is 1. The Morgan fingerprint density at radius 2 is 2.12 bits per heavy atom. The van der Waals surface area contributed by atoms with Crippen molar-refractivity contribution in [1.29, 1.82) is 0 Å². The Morgan fingerprint density at radius 3 is 2.80 bits per heavy atom. The zero-order valence-corrected chi connectivity index (χ0v) is 14.4. The first-order valence-corrected chi connectivity index (χ1v) is 8.40. The molecule has 2 aromatic carbocycles. The van der Waals surface area contributed by atoms with Crippen LogP contribution in [0.3, 0.4) is 0 Å². The number of halogens is 1. The lowest BCUT2D eigenvalue weighted by atomic mass is 9.94. The molecule has 0 aliphatic carbocycles. The molecule has 25 heavy (non-hydrogen) atoms. The SMILES string of the molecule is COc1ccc(F)cc1C(c1cccc(C)c1)N1CCCC1C(=O)O. The van der Waals surface area contributed by atoms with E-state index in [1.165, 1.54) is 12.1 Å². The van der Waals surface area contributed by atoms with Gasteiger partial charge >= 0.3 is 5.97 Å². The molecule has 1 heterocycles. The highest BCUT2D eigenvalue weighted by Crippen LogP contribution is 2.39. The summed E-state index contributed by atoms with van der Waals surface area (Å²) in [5, 5.41) is 9.62. The van der Waals surface area contributed by atoms with E-state index in [4.69, 9.17) is 4.74 Å². The second-order valence-electron chi connectivity index (χ2n) is 6.44. The summed E-state index contributed by atoms with van der Waals surface area (Å²) in [5.74, 6) is -0.644. The van der Waals surface area contributed by atoms with Crippen LogP contribution < -0.4 is 4.74 Å². The van der Waals surface area contributed by atoms with Gasteiger partial charge in [-0.3, -0.25) is 9.69 Å². The average molecular weight is 343 g/mol. The molecular weight excluding hydrogens is 321 g/mol. The van der Waals surface area contributed by atoms with Crippen LogP contribution in [0.5, 0.6) is 5.75 Å². The van der Waals surface area contributed by atoms with Gasteiger partial charge in [0.15, 0.2) is 0 Å². The highest BCUT2D eigenvalue weighted by Gasteiger charge is 2.38. The monoisotopic (exact) mass is 343 g/mol. The smallest absolute Gasteiger partial charge is 0.320 e. The average Bonchev–Trinajstić information content (AvgIpc) is 3.05. The van der Waals surface area contributed by atoms with Crippen LogP contribution in [0.4, 0.5) is 4.39 Å². The van der Waals surface area contributed by atoms with Crippen molar-refractivity contribution in [3.05, 3.63) is 65.0 Å². The Balaban J connectivity index is 2.16. The molecule has 0 bridgehead atoms. The Bertz CT molecular complexity index is 777. The lowest BCUT2D eigenvalue weighted by Crippen LogP contribution is -2.39. The lowest BCUT2D eigenvalue weighted by molar-refractivity contribution is -0.142. The van der Waals surface area contributed by atoms with Gasteiger partial charge in [-0.25, -0.2) is 4.39 Å². The highest BCUT2D eigenvalue weighted by molar-refractivity contribution is 5.74. The first-order valence-electron chi connectivity index (χ1n) is 8.40. The van der Waals surface area contributed by atoms with E-state index >= 15 is 0 Å². The number of methoxy groups -OCH3 is 1. The number of hydrogen-bond donors (Lipinski definition) is 1. The Hall–Kier alpha value is -2.40. The van der Waals surface area contributed by atoms with Crippen LogP contribution in [0.15, 0.2) is 42.5 Å². The molecule has 1 saturated heterocycles. The summed E-state index contributed by atoms with van der Waals surface area (Å²) >= 11 is 0. The number of nitrogens with zero attached hydrogens (tertiary/aromatic N) is 1. The van der Waals surface area contributed by atoms with Crippen molar-refractivity contribution >= 4 is 5.97 Å². The highest BCUT2D eigenvalue weighted by atomic mass is 19.1. The molecule has 3 rings (SSSR count). The molecule has 0 spiro atoms. The molecule has 1 fully saturated rings. The molecule has 0 radical (unpaired) electrons. The van der Waals surface area contributed by atoms with Gasteiger partial charge in [-0.2, -0.15) is 0 Å². The molecule has 1 N–H and O–H groups in total. The van der Waals surface area contributed by atoms with Gasteiger partial charge < -0.3 is 9.84 Å². The van der Waals surface area contributed by atoms with Crippen LogP contribution >= 0.6 is 0 Å². The summed E-state index contributed by atoms with van der Waals surface area (Å²) in [6.45, 7) is 2.64. The number of carbonyl (C=O) groups is 1. The summed E-state index contributed by atoms with van der Waals surface area (Å²) < 4.78 is 19.4. The predicted molar refractivity (Wildman–Crippen MR) is 93.3 cm³/mol. The largest absolute Gasteiger partial charge is 0.496 e. The van der Waals surface area contributed by atoms with E-state index in [0.717, 1.165) is 17.5 Å². The maximum Gasteiger partial charge on any atom is 0.320 e. The summed E-state index contributed by atoms with van der Waals surface area (Å²) in [4.78, 5) is 13.7. The first kappa shape index (κ1) is 17.4. The topological polar surface area (TPSA) is 49.8 Å². The molecule has 1 aliphatic rings. The van der Waals surface area contributed by atoms with E-state index in [1.807, 2.05) is 36.1 Å². The predicted octanol–water partition coefficient (Wildman–Crippen LogP) is 3.78. The number of aliphatic carboxylic acids is 1. The van der Waals surface area contributed by atoms with E-state index in [2.05, 4.69) is 0 Å². The third-order valence-electron chi connectivity index (χ3n) is 4.76. The number of rotatable bonds is 5. The maximum atomic E-state index is 14.0. The molecule has 0 saturated carbocycles. The quantitative estimate of drug-likeness (QED) is 0.898. The number of aryl methyl sites for hydroxylation is 1. The van der Waals surface area contributed by atoms with Gasteiger partial charge in [-0.05, 0) is 43.5 Å². The van der Waals surface area contributed by atoms with Crippen LogP contribution in [0.1, 0.15) is 35.6 Å². The second kappa shape index (κ2) is 7.23. The molecule has 132 valence electrons. The second-order valence-corrected chi connectivity index (χ2v) is 6.44. The van der Waals surface area contributed by atoms with Gasteiger partial charge in [0.05, 0.1) is 13.2 Å². The van der Waals surface area contributed by atoms with Crippen molar-refractivity contribution in [2.75, 3.05) is 13.7 Å². The number of carboxylic acid groups (broad SMARTS) is 1. The summed E-state index contributed by atoms with van der Waals surface area (Å²) in [6.07, 6.45) is 1.40. The molecule has 5 heteroatoms. The van der Waals surface area contributed by atoms with Crippen molar-refractivity contribution in [1.82, 2.24) is 4.90 Å². The van der Waals surface area contributed by atoms with Crippen LogP contribution in [0, 0.1) is 12.7 Å². The first-order chi connectivity index (χ1) is 12.0. The van der Waals surface area contributed by atoms with Crippen molar-refractivity contribution in [3.8, 4) is 5.75 Å². The van der Waals surface area contributed by atoms with Crippen LogP contribution in [0.25, 0.3) is 0 Å². The van der Waals surface area contributed by atoms with Crippen molar-refractivity contribution in [2.24, 2.45) is 0 Å². The molecule has 0 amide bonds. The number of ether oxygens (including phenoxy) is 1. The molecule has 1 aliphatic heterocycles. The normalized spacial score (nSPS) is 18.9. The van der Waals surface area contributed by atoms with E-state index in [9.17, 15) is 14.3 Å². The standard InChI is InChI=1S/C20H22FNO3/c1-13-5-3-6-14(11-13)19(22-10-4-7-17(22)20(23)24)16-12-15(21)8-9-18(16)25-2/h3,5-6,8-9,11-12,17,19H,4,7,10H2,1-2H3,(H,23,24). The maximum absolute atomic E-state index is 14.0. The minimum Gasteiger partial charge on any atom is -0.496 e. The molecule has 2 unspecified atom stereocenters. The lowest BCUT2D eigenvalue weighted by Gasteiger charge is -2.33. The van der Waals surface area contributed by atoms with Gasteiger partial charge in [0.1, 0.15) is 17.6 Å². The fourth-order valence-electron chi connectivity index (χ4n) is 3.67. The van der Waals surface area contributed by atoms with Gasteiger partial charge in [-0.15, -0.1) is 0 Å². The van der Waals surface area contributed by atoms with Gasteiger partial charge in [-0.1, -0.05) is 29.8 Å². The molecular formula is C20H22FNO3. The van der Waals surface area contributed by atoms with Gasteiger partial charge in [0.25, 0.3) is 0 Å². The number of carboxylic acids is 1. The minimum atomic E-state index is -0.842. The van der Waals surface area contributed by atoms with Gasteiger partial charge in [0.2, 0.25) is 0 Å². The van der Waals surface area contributed by atoms with E-state index in [-0.39, 0.29) is 11.9 Å². The number of benzene rings is 2. The summed E-state index contributed by atoms with van der Waals surface area (Å²) in [6, 6.07) is 11.4.